The molecule has 0 saturated heterocycles. The maximum atomic E-state index is 13.0. The fraction of sp³-hybridized carbons (Fsp3) is 0.583. The van der Waals surface area contributed by atoms with Crippen LogP contribution in [0.3, 0.4) is 0 Å². The number of rotatable bonds is 6. The highest BCUT2D eigenvalue weighted by Crippen LogP contribution is 2.25. The van der Waals surface area contributed by atoms with Gasteiger partial charge < -0.3 is 14.8 Å². The van der Waals surface area contributed by atoms with Gasteiger partial charge in [-0.15, -0.1) is 0 Å². The SMILES string of the molecule is Cc1cc(C)c(Cn2ccnc2CN(C(=O)NC(C)C)C2CCCCC2)c(C)c1. The molecule has 1 heterocycles. The predicted molar refractivity (Wildman–Crippen MR) is 118 cm³/mol. The third kappa shape index (κ3) is 5.40. The monoisotopic (exact) mass is 396 g/mol. The summed E-state index contributed by atoms with van der Waals surface area (Å²) in [4.78, 5) is 19.6. The van der Waals surface area contributed by atoms with Crippen molar-refractivity contribution in [2.45, 2.75) is 91.9 Å². The molecule has 0 bridgehead atoms. The van der Waals surface area contributed by atoms with Crippen molar-refractivity contribution in [1.29, 1.82) is 0 Å². The second-order valence-electron chi connectivity index (χ2n) is 8.87. The summed E-state index contributed by atoms with van der Waals surface area (Å²) in [5.41, 5.74) is 5.25. The molecule has 1 N–H and O–H groups in total. The van der Waals surface area contributed by atoms with Crippen molar-refractivity contribution in [3.05, 3.63) is 52.6 Å². The molecular weight excluding hydrogens is 360 g/mol. The minimum Gasteiger partial charge on any atom is -0.336 e. The van der Waals surface area contributed by atoms with Gasteiger partial charge in [-0.25, -0.2) is 9.78 Å². The molecule has 5 nitrogen and oxygen atoms in total. The van der Waals surface area contributed by atoms with Crippen molar-refractivity contribution in [3.8, 4) is 0 Å². The third-order valence-corrected chi connectivity index (χ3v) is 5.97. The van der Waals surface area contributed by atoms with Crippen LogP contribution in [0.25, 0.3) is 0 Å². The second-order valence-corrected chi connectivity index (χ2v) is 8.87. The molecule has 5 heteroatoms. The lowest BCUT2D eigenvalue weighted by Crippen LogP contribution is -2.48. The van der Waals surface area contributed by atoms with Gasteiger partial charge in [-0.2, -0.15) is 0 Å². The van der Waals surface area contributed by atoms with Gasteiger partial charge in [0.1, 0.15) is 5.82 Å². The van der Waals surface area contributed by atoms with E-state index in [0.717, 1.165) is 25.2 Å². The minimum absolute atomic E-state index is 0.0316. The average Bonchev–Trinajstić information content (AvgIpc) is 3.09. The molecule has 1 fully saturated rings. The highest BCUT2D eigenvalue weighted by Gasteiger charge is 2.27. The summed E-state index contributed by atoms with van der Waals surface area (Å²) >= 11 is 0. The molecule has 0 unspecified atom stereocenters. The van der Waals surface area contributed by atoms with Crippen LogP contribution in [0, 0.1) is 20.8 Å². The summed E-state index contributed by atoms with van der Waals surface area (Å²) in [6.07, 6.45) is 9.74. The van der Waals surface area contributed by atoms with Gasteiger partial charge in [0.2, 0.25) is 0 Å². The van der Waals surface area contributed by atoms with Gasteiger partial charge in [0.25, 0.3) is 0 Å². The van der Waals surface area contributed by atoms with Crippen LogP contribution in [-0.4, -0.2) is 32.6 Å². The average molecular weight is 397 g/mol. The van der Waals surface area contributed by atoms with Gasteiger partial charge >= 0.3 is 6.03 Å². The first-order chi connectivity index (χ1) is 13.8. The molecule has 0 radical (unpaired) electrons. The molecule has 1 aliphatic carbocycles. The summed E-state index contributed by atoms with van der Waals surface area (Å²) in [5, 5.41) is 3.10. The fourth-order valence-corrected chi connectivity index (χ4v) is 4.51. The van der Waals surface area contributed by atoms with Gasteiger partial charge in [-0.3, -0.25) is 0 Å². The van der Waals surface area contributed by atoms with Crippen LogP contribution in [0.15, 0.2) is 24.5 Å². The molecule has 1 aromatic heterocycles. The Morgan fingerprint density at radius 3 is 2.45 bits per heavy atom. The van der Waals surface area contributed by atoms with Gasteiger partial charge in [0, 0.05) is 31.0 Å². The lowest BCUT2D eigenvalue weighted by molar-refractivity contribution is 0.146. The molecule has 2 aromatic rings. The van der Waals surface area contributed by atoms with E-state index >= 15 is 0 Å². The summed E-state index contributed by atoms with van der Waals surface area (Å²) in [5.74, 6) is 0.953. The standard InChI is InChI=1S/C24H36N4O/c1-17(2)26-24(29)28(21-9-7-6-8-10-21)16-23-25-11-12-27(23)15-22-19(4)13-18(3)14-20(22)5/h11-14,17,21H,6-10,15-16H2,1-5H3,(H,26,29). The minimum atomic E-state index is 0.0316. The van der Waals surface area contributed by atoms with Crippen molar-refractivity contribution in [3.63, 3.8) is 0 Å². The number of nitrogens with zero attached hydrogens (tertiary/aromatic N) is 3. The number of imidazole rings is 1. The number of hydrogen-bond donors (Lipinski definition) is 1. The number of benzene rings is 1. The van der Waals surface area contributed by atoms with E-state index in [2.05, 4.69) is 47.8 Å². The zero-order valence-corrected chi connectivity index (χ0v) is 18.7. The summed E-state index contributed by atoms with van der Waals surface area (Å²) in [7, 11) is 0. The zero-order valence-electron chi connectivity index (χ0n) is 18.7. The highest BCUT2D eigenvalue weighted by molar-refractivity contribution is 5.74. The first kappa shape index (κ1) is 21.4. The Hall–Kier alpha value is -2.30. The van der Waals surface area contributed by atoms with Crippen LogP contribution >= 0.6 is 0 Å². The van der Waals surface area contributed by atoms with Crippen molar-refractivity contribution in [2.24, 2.45) is 0 Å². The summed E-state index contributed by atoms with van der Waals surface area (Å²) in [6.45, 7) is 11.9. The van der Waals surface area contributed by atoms with E-state index in [-0.39, 0.29) is 12.1 Å². The van der Waals surface area contributed by atoms with Gasteiger partial charge in [0.15, 0.2) is 0 Å². The Labute approximate surface area is 175 Å². The van der Waals surface area contributed by atoms with Crippen molar-refractivity contribution >= 4 is 6.03 Å². The Kier molecular flexibility index (Phi) is 6.99. The zero-order chi connectivity index (χ0) is 21.0. The topological polar surface area (TPSA) is 50.2 Å². The van der Waals surface area contributed by atoms with Crippen LogP contribution in [0.1, 0.15) is 74.0 Å². The van der Waals surface area contributed by atoms with Crippen molar-refractivity contribution in [2.75, 3.05) is 0 Å². The van der Waals surface area contributed by atoms with E-state index in [1.54, 1.807) is 0 Å². The summed E-state index contributed by atoms with van der Waals surface area (Å²) in [6, 6.07) is 4.94. The third-order valence-electron chi connectivity index (χ3n) is 5.97. The molecule has 1 aliphatic rings. The van der Waals surface area contributed by atoms with Crippen LogP contribution in [0.4, 0.5) is 4.79 Å². The highest BCUT2D eigenvalue weighted by atomic mass is 16.2. The molecule has 2 amide bonds. The molecular formula is C24H36N4O. The van der Waals surface area contributed by atoms with Gasteiger partial charge in [-0.05, 0) is 64.2 Å². The number of carbonyl (C=O) groups excluding carboxylic acids is 1. The van der Waals surface area contributed by atoms with E-state index in [4.69, 9.17) is 0 Å². The number of carbonyl (C=O) groups is 1. The number of nitrogens with one attached hydrogen (secondary N) is 1. The van der Waals surface area contributed by atoms with Crippen molar-refractivity contribution in [1.82, 2.24) is 19.8 Å². The maximum Gasteiger partial charge on any atom is 0.318 e. The number of urea groups is 1. The molecule has 1 saturated carbocycles. The Morgan fingerprint density at radius 2 is 1.83 bits per heavy atom. The number of amides is 2. The smallest absolute Gasteiger partial charge is 0.318 e. The Balaban J connectivity index is 1.82. The molecule has 0 atom stereocenters. The maximum absolute atomic E-state index is 13.0. The molecule has 0 spiro atoms. The van der Waals surface area contributed by atoms with Crippen LogP contribution in [0.5, 0.6) is 0 Å². The molecule has 29 heavy (non-hydrogen) atoms. The predicted octanol–water partition coefficient (Wildman–Crippen LogP) is 5.11. The van der Waals surface area contributed by atoms with E-state index in [0.29, 0.717) is 12.6 Å². The Morgan fingerprint density at radius 1 is 1.17 bits per heavy atom. The van der Waals surface area contributed by atoms with Crippen LogP contribution in [0.2, 0.25) is 0 Å². The lowest BCUT2D eigenvalue weighted by Gasteiger charge is -2.34. The molecule has 3 rings (SSSR count). The molecule has 158 valence electrons. The van der Waals surface area contributed by atoms with Gasteiger partial charge in [0.05, 0.1) is 6.54 Å². The quantitative estimate of drug-likeness (QED) is 0.738. The number of aryl methyl sites for hydroxylation is 3. The van der Waals surface area contributed by atoms with E-state index in [1.165, 1.54) is 41.5 Å². The molecule has 0 aliphatic heterocycles. The van der Waals surface area contributed by atoms with E-state index < -0.39 is 0 Å². The second kappa shape index (κ2) is 9.47. The van der Waals surface area contributed by atoms with E-state index in [9.17, 15) is 4.79 Å². The van der Waals surface area contributed by atoms with Crippen LogP contribution < -0.4 is 5.32 Å². The molecule has 1 aromatic carbocycles. The summed E-state index contributed by atoms with van der Waals surface area (Å²) < 4.78 is 2.20. The largest absolute Gasteiger partial charge is 0.336 e. The van der Waals surface area contributed by atoms with Crippen LogP contribution in [-0.2, 0) is 13.1 Å². The van der Waals surface area contributed by atoms with Gasteiger partial charge in [-0.1, -0.05) is 37.0 Å². The first-order valence-corrected chi connectivity index (χ1v) is 11.0. The lowest BCUT2D eigenvalue weighted by atomic mass is 9.94. The number of hydrogen-bond acceptors (Lipinski definition) is 2. The first-order valence-electron chi connectivity index (χ1n) is 11.0. The fourth-order valence-electron chi connectivity index (χ4n) is 4.51. The normalized spacial score (nSPS) is 15.0. The number of aromatic nitrogens is 2. The van der Waals surface area contributed by atoms with Crippen molar-refractivity contribution < 1.29 is 4.79 Å². The van der Waals surface area contributed by atoms with E-state index in [1.807, 2.05) is 31.1 Å². The Bertz CT molecular complexity index is 810.